The minimum Gasteiger partial charge on any atom is -0.292 e. The van der Waals surface area contributed by atoms with Crippen LogP contribution in [0.1, 0.15) is 55.9 Å². The van der Waals surface area contributed by atoms with Gasteiger partial charge in [-0.05, 0) is 28.8 Å². The van der Waals surface area contributed by atoms with E-state index in [2.05, 4.69) is 21.0 Å². The Morgan fingerprint density at radius 3 is 2.82 bits per heavy atom. The Labute approximate surface area is 111 Å². The average Bonchev–Trinajstić information content (AvgIpc) is 2.71. The van der Waals surface area contributed by atoms with E-state index in [0.717, 1.165) is 16.7 Å². The first kappa shape index (κ1) is 12.8. The lowest BCUT2D eigenvalue weighted by Crippen LogP contribution is -2.16. The van der Waals surface area contributed by atoms with E-state index in [1.807, 2.05) is 6.92 Å². The lowest BCUT2D eigenvalue weighted by atomic mass is 9.85. The fraction of sp³-hybridized carbons (Fsp3) is 0.692. The van der Waals surface area contributed by atoms with Crippen molar-refractivity contribution in [2.75, 3.05) is 0 Å². The van der Waals surface area contributed by atoms with E-state index >= 15 is 0 Å². The van der Waals surface area contributed by atoms with Gasteiger partial charge >= 0.3 is 0 Å². The lowest BCUT2D eigenvalue weighted by molar-refractivity contribution is 0.0939. The number of carbonyl (C=O) groups is 1. The van der Waals surface area contributed by atoms with Gasteiger partial charge in [-0.1, -0.05) is 32.1 Å². The van der Waals surface area contributed by atoms with Crippen molar-refractivity contribution >= 4 is 21.7 Å². The first-order valence-corrected chi connectivity index (χ1v) is 7.26. The normalized spacial score (nSPS) is 17.3. The number of ketones is 1. The summed E-state index contributed by atoms with van der Waals surface area (Å²) in [5, 5.41) is 4.20. The maximum atomic E-state index is 12.3. The van der Waals surface area contributed by atoms with Crippen LogP contribution in [0.5, 0.6) is 0 Å². The summed E-state index contributed by atoms with van der Waals surface area (Å²) in [5.41, 5.74) is 0.748. The van der Waals surface area contributed by atoms with E-state index in [1.54, 1.807) is 10.9 Å². The average molecular weight is 299 g/mol. The molecule has 1 aromatic heterocycles. The zero-order valence-electron chi connectivity index (χ0n) is 10.3. The Balaban J connectivity index is 2.05. The lowest BCUT2D eigenvalue weighted by Gasteiger charge is -2.20. The van der Waals surface area contributed by atoms with Crippen molar-refractivity contribution in [3.05, 3.63) is 16.4 Å². The Morgan fingerprint density at radius 1 is 1.47 bits per heavy atom. The summed E-state index contributed by atoms with van der Waals surface area (Å²) in [6, 6.07) is 0. The third-order valence-electron chi connectivity index (χ3n) is 3.56. The number of hydrogen-bond acceptors (Lipinski definition) is 2. The first-order valence-electron chi connectivity index (χ1n) is 6.47. The van der Waals surface area contributed by atoms with Crippen molar-refractivity contribution in [3.8, 4) is 0 Å². The van der Waals surface area contributed by atoms with Crippen molar-refractivity contribution in [1.29, 1.82) is 0 Å². The van der Waals surface area contributed by atoms with Crippen LogP contribution in [-0.2, 0) is 6.54 Å². The van der Waals surface area contributed by atoms with Crippen LogP contribution in [0, 0.1) is 5.92 Å². The topological polar surface area (TPSA) is 34.9 Å². The van der Waals surface area contributed by atoms with Crippen molar-refractivity contribution in [2.24, 2.45) is 5.92 Å². The zero-order valence-corrected chi connectivity index (χ0v) is 11.9. The van der Waals surface area contributed by atoms with Gasteiger partial charge in [0.15, 0.2) is 5.78 Å². The Morgan fingerprint density at radius 2 is 2.18 bits per heavy atom. The minimum atomic E-state index is 0.239. The SMILES string of the molecule is CCn1ncc(Br)c1C(=O)CC1CCCCC1. The van der Waals surface area contributed by atoms with E-state index in [4.69, 9.17) is 0 Å². The second kappa shape index (κ2) is 5.80. The quantitative estimate of drug-likeness (QED) is 0.792. The molecule has 4 heteroatoms. The van der Waals surface area contributed by atoms with E-state index < -0.39 is 0 Å². The molecule has 1 aromatic rings. The maximum Gasteiger partial charge on any atom is 0.182 e. The Bertz CT molecular complexity index is 394. The van der Waals surface area contributed by atoms with Crippen LogP contribution in [-0.4, -0.2) is 15.6 Å². The zero-order chi connectivity index (χ0) is 12.3. The van der Waals surface area contributed by atoms with E-state index in [9.17, 15) is 4.79 Å². The molecule has 0 aromatic carbocycles. The standard InChI is InChI=1S/C13H19BrN2O/c1-2-16-13(11(14)9-15-16)12(17)8-10-6-4-3-5-7-10/h9-10H,2-8H2,1H3. The Kier molecular flexibility index (Phi) is 4.37. The number of rotatable bonds is 4. The summed E-state index contributed by atoms with van der Waals surface area (Å²) in [4.78, 5) is 12.3. The summed E-state index contributed by atoms with van der Waals surface area (Å²) in [7, 11) is 0. The van der Waals surface area contributed by atoms with Crippen LogP contribution in [0.4, 0.5) is 0 Å². The van der Waals surface area contributed by atoms with Gasteiger partial charge in [0.05, 0.1) is 10.7 Å². The molecule has 0 saturated heterocycles. The number of Topliss-reactive ketones (excluding diaryl/α,β-unsaturated/α-hetero) is 1. The van der Waals surface area contributed by atoms with Crippen LogP contribution in [0.25, 0.3) is 0 Å². The second-order valence-electron chi connectivity index (χ2n) is 4.79. The molecule has 0 spiro atoms. The summed E-state index contributed by atoms with van der Waals surface area (Å²) in [5.74, 6) is 0.825. The molecule has 0 bridgehead atoms. The Hall–Kier alpha value is -0.640. The molecule has 0 atom stereocenters. The second-order valence-corrected chi connectivity index (χ2v) is 5.64. The van der Waals surface area contributed by atoms with Crippen LogP contribution in [0.2, 0.25) is 0 Å². The molecular weight excluding hydrogens is 280 g/mol. The highest BCUT2D eigenvalue weighted by Crippen LogP contribution is 2.28. The molecule has 1 saturated carbocycles. The van der Waals surface area contributed by atoms with Gasteiger partial charge in [-0.15, -0.1) is 0 Å². The predicted octanol–water partition coefficient (Wildman–Crippen LogP) is 3.82. The highest BCUT2D eigenvalue weighted by Gasteiger charge is 2.22. The fourth-order valence-corrected chi connectivity index (χ4v) is 3.15. The molecule has 2 rings (SSSR count). The summed E-state index contributed by atoms with van der Waals surface area (Å²) in [6.07, 6.45) is 8.73. The first-order chi connectivity index (χ1) is 8.22. The van der Waals surface area contributed by atoms with Crippen molar-refractivity contribution in [3.63, 3.8) is 0 Å². The van der Waals surface area contributed by atoms with Gasteiger partial charge in [-0.25, -0.2) is 0 Å². The molecule has 1 heterocycles. The monoisotopic (exact) mass is 298 g/mol. The molecule has 1 aliphatic rings. The molecular formula is C13H19BrN2O. The smallest absolute Gasteiger partial charge is 0.182 e. The van der Waals surface area contributed by atoms with Gasteiger partial charge in [0, 0.05) is 13.0 Å². The molecule has 17 heavy (non-hydrogen) atoms. The largest absolute Gasteiger partial charge is 0.292 e. The van der Waals surface area contributed by atoms with Gasteiger partial charge in [-0.2, -0.15) is 5.10 Å². The molecule has 0 N–H and O–H groups in total. The highest BCUT2D eigenvalue weighted by atomic mass is 79.9. The molecule has 0 amide bonds. The number of carbonyl (C=O) groups excluding carboxylic acids is 1. The van der Waals surface area contributed by atoms with Crippen LogP contribution in [0.15, 0.2) is 10.7 Å². The minimum absolute atomic E-state index is 0.239. The number of aromatic nitrogens is 2. The van der Waals surface area contributed by atoms with Crippen LogP contribution >= 0.6 is 15.9 Å². The number of hydrogen-bond donors (Lipinski definition) is 0. The van der Waals surface area contributed by atoms with Crippen LogP contribution in [0.3, 0.4) is 0 Å². The fourth-order valence-electron chi connectivity index (χ4n) is 2.63. The van der Waals surface area contributed by atoms with Crippen molar-refractivity contribution < 1.29 is 4.79 Å². The highest BCUT2D eigenvalue weighted by molar-refractivity contribution is 9.10. The van der Waals surface area contributed by atoms with E-state index in [0.29, 0.717) is 12.3 Å². The summed E-state index contributed by atoms with van der Waals surface area (Å²) >= 11 is 3.42. The van der Waals surface area contributed by atoms with Gasteiger partial charge in [0.25, 0.3) is 0 Å². The summed E-state index contributed by atoms with van der Waals surface area (Å²) < 4.78 is 2.62. The third-order valence-corrected chi connectivity index (χ3v) is 4.14. The van der Waals surface area contributed by atoms with Crippen molar-refractivity contribution in [2.45, 2.75) is 52.0 Å². The molecule has 1 fully saturated rings. The maximum absolute atomic E-state index is 12.3. The van der Waals surface area contributed by atoms with Crippen molar-refractivity contribution in [1.82, 2.24) is 9.78 Å². The van der Waals surface area contributed by atoms with E-state index in [-0.39, 0.29) is 5.78 Å². The molecule has 1 aliphatic carbocycles. The van der Waals surface area contributed by atoms with Gasteiger partial charge in [0.2, 0.25) is 0 Å². The number of aryl methyl sites for hydroxylation is 1. The predicted molar refractivity (Wildman–Crippen MR) is 71.1 cm³/mol. The molecule has 0 radical (unpaired) electrons. The van der Waals surface area contributed by atoms with Gasteiger partial charge in [0.1, 0.15) is 5.69 Å². The molecule has 0 unspecified atom stereocenters. The van der Waals surface area contributed by atoms with Gasteiger partial charge in [-0.3, -0.25) is 9.48 Å². The summed E-state index contributed by atoms with van der Waals surface area (Å²) in [6.45, 7) is 2.76. The van der Waals surface area contributed by atoms with Crippen LogP contribution < -0.4 is 0 Å². The van der Waals surface area contributed by atoms with E-state index in [1.165, 1.54) is 32.1 Å². The molecule has 94 valence electrons. The van der Waals surface area contributed by atoms with Gasteiger partial charge < -0.3 is 0 Å². The number of halogens is 1. The molecule has 0 aliphatic heterocycles. The molecule has 3 nitrogen and oxygen atoms in total. The third kappa shape index (κ3) is 2.97. The number of nitrogens with zero attached hydrogens (tertiary/aromatic N) is 2.